The van der Waals surface area contributed by atoms with Crippen molar-refractivity contribution in [2.24, 2.45) is 5.10 Å². The van der Waals surface area contributed by atoms with Crippen LogP contribution in [0.4, 0.5) is 0 Å². The second-order valence-corrected chi connectivity index (χ2v) is 9.83. The summed E-state index contributed by atoms with van der Waals surface area (Å²) in [5.74, 6) is 2.30. The van der Waals surface area contributed by atoms with Crippen LogP contribution in [0.2, 0.25) is 15.1 Å². The van der Waals surface area contributed by atoms with Crippen LogP contribution in [0.15, 0.2) is 65.8 Å². The molecule has 3 aromatic carbocycles. The van der Waals surface area contributed by atoms with Crippen LogP contribution in [0.5, 0.6) is 17.2 Å². The molecule has 2 N–H and O–H groups in total. The summed E-state index contributed by atoms with van der Waals surface area (Å²) in [4.78, 5) is 26.1. The molecule has 0 spiro atoms. The van der Waals surface area contributed by atoms with Gasteiger partial charge in [-0.1, -0.05) is 71.1 Å². The minimum atomic E-state index is -0.962. The first kappa shape index (κ1) is 31.6. The Bertz CT molecular complexity index is 1430. The molecule has 2 amide bonds. The first-order chi connectivity index (χ1) is 19.7. The van der Waals surface area contributed by atoms with Gasteiger partial charge in [-0.3, -0.25) is 9.59 Å². The number of hydrazone groups is 1. The number of nitrogens with one attached hydrogen (secondary N) is 2. The van der Waals surface area contributed by atoms with E-state index in [1.807, 2.05) is 37.3 Å². The van der Waals surface area contributed by atoms with Crippen LogP contribution in [0.3, 0.4) is 0 Å². The van der Waals surface area contributed by atoms with Crippen molar-refractivity contribution in [1.82, 2.24) is 10.7 Å². The standard InChI is InChI=1S/C30H28Cl3N3O5/c1-4-13-40-28-24(33)14-21(16-27(28)39-5-2)18-34-36-30(38)25(15-20-9-7-6-8-10-20)35-29(37)19(3)41-26-12-11-22(31)17-23(26)32/h1,6-12,14,16-19,25H,5,13,15H2,2-3H3,(H,35,37)(H,36,38)/b34-18-/t19-,25+/m1/s1. The Kier molecular flexibility index (Phi) is 12.2. The number of amides is 2. The van der Waals surface area contributed by atoms with Crippen LogP contribution >= 0.6 is 34.8 Å². The molecule has 0 heterocycles. The van der Waals surface area contributed by atoms with E-state index in [-0.39, 0.29) is 28.8 Å². The molecular weight excluding hydrogens is 589 g/mol. The monoisotopic (exact) mass is 615 g/mol. The third kappa shape index (κ3) is 9.61. The number of benzene rings is 3. The number of carbonyl (C=O) groups excluding carboxylic acids is 2. The fraction of sp³-hybridized carbons (Fsp3) is 0.233. The second kappa shape index (κ2) is 15.8. The van der Waals surface area contributed by atoms with Gasteiger partial charge in [-0.05, 0) is 55.3 Å². The number of terminal acetylenes is 1. The SMILES string of the molecule is C#CCOc1c(Cl)cc(/C=N\NC(=O)[C@H](Cc2ccccc2)NC(=O)[C@@H](C)Oc2ccc(Cl)cc2Cl)cc1OCC. The first-order valence-corrected chi connectivity index (χ1v) is 13.7. The third-order valence-electron chi connectivity index (χ3n) is 5.50. The van der Waals surface area contributed by atoms with Crippen molar-refractivity contribution in [3.05, 3.63) is 86.9 Å². The van der Waals surface area contributed by atoms with Gasteiger partial charge in [-0.15, -0.1) is 6.42 Å². The highest BCUT2D eigenvalue weighted by molar-refractivity contribution is 6.35. The summed E-state index contributed by atoms with van der Waals surface area (Å²) in [6.07, 6.45) is 5.92. The van der Waals surface area contributed by atoms with E-state index in [0.717, 1.165) is 5.56 Å². The van der Waals surface area contributed by atoms with Crippen molar-refractivity contribution in [3.63, 3.8) is 0 Å². The molecule has 41 heavy (non-hydrogen) atoms. The van der Waals surface area contributed by atoms with Crippen molar-refractivity contribution >= 4 is 52.8 Å². The molecule has 0 aromatic heterocycles. The summed E-state index contributed by atoms with van der Waals surface area (Å²) in [5.41, 5.74) is 3.85. The Morgan fingerprint density at radius 2 is 1.76 bits per heavy atom. The smallest absolute Gasteiger partial charge is 0.262 e. The molecule has 0 aliphatic rings. The van der Waals surface area contributed by atoms with Crippen LogP contribution in [0.25, 0.3) is 0 Å². The molecular formula is C30H28Cl3N3O5. The van der Waals surface area contributed by atoms with Gasteiger partial charge in [-0.2, -0.15) is 5.10 Å². The highest BCUT2D eigenvalue weighted by atomic mass is 35.5. The first-order valence-electron chi connectivity index (χ1n) is 12.5. The Labute approximate surface area is 253 Å². The fourth-order valence-electron chi connectivity index (χ4n) is 3.59. The van der Waals surface area contributed by atoms with E-state index < -0.39 is 24.0 Å². The van der Waals surface area contributed by atoms with Crippen molar-refractivity contribution < 1.29 is 23.8 Å². The Morgan fingerprint density at radius 1 is 1.00 bits per heavy atom. The van der Waals surface area contributed by atoms with Gasteiger partial charge in [0.05, 0.1) is 22.9 Å². The molecule has 0 aliphatic carbocycles. The maximum Gasteiger partial charge on any atom is 0.262 e. The van der Waals surface area contributed by atoms with E-state index in [0.29, 0.717) is 28.7 Å². The molecule has 0 saturated heterocycles. The summed E-state index contributed by atoms with van der Waals surface area (Å²) in [7, 11) is 0. The summed E-state index contributed by atoms with van der Waals surface area (Å²) in [6.45, 7) is 3.76. The number of halogens is 3. The number of ether oxygens (including phenoxy) is 3. The van der Waals surface area contributed by atoms with Crippen LogP contribution < -0.4 is 25.0 Å². The van der Waals surface area contributed by atoms with Gasteiger partial charge in [0.1, 0.15) is 18.4 Å². The molecule has 2 atom stereocenters. The third-order valence-corrected chi connectivity index (χ3v) is 6.31. The van der Waals surface area contributed by atoms with Gasteiger partial charge in [0.15, 0.2) is 17.6 Å². The lowest BCUT2D eigenvalue weighted by Crippen LogP contribution is -2.50. The number of nitrogens with zero attached hydrogens (tertiary/aromatic N) is 1. The summed E-state index contributed by atoms with van der Waals surface area (Å²) in [5, 5.41) is 7.75. The van der Waals surface area contributed by atoms with E-state index in [1.165, 1.54) is 12.3 Å². The van der Waals surface area contributed by atoms with Crippen molar-refractivity contribution in [2.45, 2.75) is 32.4 Å². The van der Waals surface area contributed by atoms with Crippen LogP contribution in [0.1, 0.15) is 25.0 Å². The predicted octanol–water partition coefficient (Wildman–Crippen LogP) is 5.70. The van der Waals surface area contributed by atoms with Crippen molar-refractivity contribution in [2.75, 3.05) is 13.2 Å². The molecule has 214 valence electrons. The maximum absolute atomic E-state index is 13.1. The zero-order valence-electron chi connectivity index (χ0n) is 22.3. The van der Waals surface area contributed by atoms with Gasteiger partial charge in [0.2, 0.25) is 0 Å². The van der Waals surface area contributed by atoms with Gasteiger partial charge < -0.3 is 19.5 Å². The lowest BCUT2D eigenvalue weighted by atomic mass is 10.1. The van der Waals surface area contributed by atoms with Crippen molar-refractivity contribution in [1.29, 1.82) is 0 Å². The minimum Gasteiger partial charge on any atom is -0.490 e. The number of carbonyl (C=O) groups is 2. The molecule has 0 fully saturated rings. The van der Waals surface area contributed by atoms with Crippen LogP contribution in [-0.2, 0) is 16.0 Å². The molecule has 11 heteroatoms. The molecule has 0 radical (unpaired) electrons. The van der Waals surface area contributed by atoms with Crippen LogP contribution in [0, 0.1) is 12.3 Å². The fourth-order valence-corrected chi connectivity index (χ4v) is 4.32. The average molecular weight is 617 g/mol. The molecule has 8 nitrogen and oxygen atoms in total. The molecule has 0 bridgehead atoms. The quantitative estimate of drug-likeness (QED) is 0.146. The largest absolute Gasteiger partial charge is 0.490 e. The predicted molar refractivity (Wildman–Crippen MR) is 161 cm³/mol. The Hall–Kier alpha value is -3.90. The summed E-state index contributed by atoms with van der Waals surface area (Å²) >= 11 is 18.5. The Morgan fingerprint density at radius 3 is 2.44 bits per heavy atom. The zero-order valence-corrected chi connectivity index (χ0v) is 24.6. The molecule has 0 aliphatic heterocycles. The van der Waals surface area contributed by atoms with Gasteiger partial charge >= 0.3 is 0 Å². The van der Waals surface area contributed by atoms with Gasteiger partial charge in [0, 0.05) is 11.4 Å². The maximum atomic E-state index is 13.1. The molecule has 0 unspecified atom stereocenters. The zero-order chi connectivity index (χ0) is 29.8. The summed E-state index contributed by atoms with van der Waals surface area (Å²) in [6, 6.07) is 16.2. The summed E-state index contributed by atoms with van der Waals surface area (Å²) < 4.78 is 16.8. The number of hydrogen-bond donors (Lipinski definition) is 2. The van der Waals surface area contributed by atoms with Crippen molar-refractivity contribution in [3.8, 4) is 29.6 Å². The topological polar surface area (TPSA) is 98.2 Å². The molecule has 3 rings (SSSR count). The van der Waals surface area contributed by atoms with E-state index in [1.54, 1.807) is 31.2 Å². The average Bonchev–Trinajstić information content (AvgIpc) is 2.94. The van der Waals surface area contributed by atoms with E-state index in [4.69, 9.17) is 55.4 Å². The normalized spacial score (nSPS) is 12.2. The minimum absolute atomic E-state index is 0.0220. The highest BCUT2D eigenvalue weighted by Crippen LogP contribution is 2.36. The Balaban J connectivity index is 1.73. The lowest BCUT2D eigenvalue weighted by Gasteiger charge is -2.21. The van der Waals surface area contributed by atoms with E-state index in [2.05, 4.69) is 21.8 Å². The number of rotatable bonds is 13. The van der Waals surface area contributed by atoms with E-state index in [9.17, 15) is 9.59 Å². The van der Waals surface area contributed by atoms with Gasteiger partial charge in [0.25, 0.3) is 11.8 Å². The molecule has 3 aromatic rings. The lowest BCUT2D eigenvalue weighted by molar-refractivity contribution is -0.132. The number of hydrogen-bond acceptors (Lipinski definition) is 6. The van der Waals surface area contributed by atoms with E-state index >= 15 is 0 Å². The second-order valence-electron chi connectivity index (χ2n) is 8.58. The van der Waals surface area contributed by atoms with Gasteiger partial charge in [-0.25, -0.2) is 5.43 Å². The molecule has 0 saturated carbocycles. The highest BCUT2D eigenvalue weighted by Gasteiger charge is 2.25. The van der Waals surface area contributed by atoms with Crippen LogP contribution in [-0.4, -0.2) is 43.4 Å².